The largest absolute Gasteiger partial charge is 0.322 e. The zero-order valence-electron chi connectivity index (χ0n) is 30.7. The third-order valence-electron chi connectivity index (χ3n) is 11.0. The van der Waals surface area contributed by atoms with Crippen LogP contribution in [0.5, 0.6) is 0 Å². The predicted octanol–water partition coefficient (Wildman–Crippen LogP) is 5.40. The summed E-state index contributed by atoms with van der Waals surface area (Å²) in [7, 11) is 0. The summed E-state index contributed by atoms with van der Waals surface area (Å²) in [6.07, 6.45) is 3.44. The van der Waals surface area contributed by atoms with Crippen LogP contribution in [-0.4, -0.2) is 129 Å². The number of H-pyrrole nitrogens is 4. The number of nitrogens with one attached hydrogen (secondary N) is 4. The Morgan fingerprint density at radius 1 is 0.518 bits per heavy atom. The van der Waals surface area contributed by atoms with E-state index in [1.54, 1.807) is 12.4 Å². The van der Waals surface area contributed by atoms with E-state index in [9.17, 15) is 4.79 Å². The normalized spacial score (nSPS) is 15.6. The van der Waals surface area contributed by atoms with Crippen LogP contribution >= 0.6 is 0 Å². The summed E-state index contributed by atoms with van der Waals surface area (Å²) in [6.45, 7) is 7.90. The number of carbonyl (C=O) groups excluding carboxylic acids is 1. The first kappa shape index (κ1) is 33.8. The van der Waals surface area contributed by atoms with Gasteiger partial charge in [-0.3, -0.25) is 20.0 Å². The number of hydrogen-bond donors (Lipinski definition) is 4. The van der Waals surface area contributed by atoms with Gasteiger partial charge in [0.2, 0.25) is 0 Å². The maximum absolute atomic E-state index is 13.6. The highest BCUT2D eigenvalue weighted by molar-refractivity contribution is 5.96. The van der Waals surface area contributed by atoms with Crippen LogP contribution in [0.4, 0.5) is 4.79 Å². The van der Waals surface area contributed by atoms with Gasteiger partial charge in [0, 0.05) is 98.5 Å². The molecule has 2 aliphatic rings. The number of fused-ring (bicyclic) bond motifs is 2. The average Bonchev–Trinajstić information content (AvgIpc) is 4.09. The quantitative estimate of drug-likeness (QED) is 0.159. The third-order valence-corrected chi connectivity index (χ3v) is 11.0. The number of rotatable bonds is 8. The summed E-state index contributed by atoms with van der Waals surface area (Å²) < 4.78 is 0. The molecule has 2 saturated heterocycles. The fourth-order valence-corrected chi connectivity index (χ4v) is 8.01. The highest BCUT2D eigenvalue weighted by Crippen LogP contribution is 2.32. The molecule has 280 valence electrons. The van der Waals surface area contributed by atoms with Crippen molar-refractivity contribution >= 4 is 27.8 Å². The lowest BCUT2D eigenvalue weighted by Gasteiger charge is -2.40. The first-order valence-corrected chi connectivity index (χ1v) is 19.0. The Bertz CT molecular complexity index is 2430. The maximum atomic E-state index is 13.6. The number of amides is 2. The molecule has 15 nitrogen and oxygen atoms in total. The molecule has 8 aromatic rings. The number of piperazine rings is 2. The number of nitrogens with zero attached hydrogens (tertiary/aromatic N) is 10. The Kier molecular flexibility index (Phi) is 8.76. The highest BCUT2D eigenvalue weighted by Gasteiger charge is 2.28. The number of aromatic nitrogens is 10. The second-order valence-corrected chi connectivity index (χ2v) is 14.6. The summed E-state index contributed by atoms with van der Waals surface area (Å²) >= 11 is 0. The number of hydrogen-bond acceptors (Lipinski definition) is 9. The number of urea groups is 1. The second-order valence-electron chi connectivity index (χ2n) is 14.6. The van der Waals surface area contributed by atoms with Crippen molar-refractivity contribution < 1.29 is 4.79 Å². The Balaban J connectivity index is 0.726. The molecule has 2 aliphatic heterocycles. The molecule has 4 aromatic carbocycles. The van der Waals surface area contributed by atoms with Gasteiger partial charge in [-0.05, 0) is 47.5 Å². The van der Waals surface area contributed by atoms with E-state index in [-0.39, 0.29) is 6.03 Å². The molecule has 0 saturated carbocycles. The van der Waals surface area contributed by atoms with Crippen molar-refractivity contribution in [3.63, 3.8) is 0 Å². The van der Waals surface area contributed by atoms with Gasteiger partial charge < -0.3 is 9.80 Å². The van der Waals surface area contributed by atoms with E-state index in [0.717, 1.165) is 132 Å². The number of aromatic amines is 4. The average molecular weight is 745 g/mol. The Morgan fingerprint density at radius 2 is 0.982 bits per heavy atom. The zero-order valence-corrected chi connectivity index (χ0v) is 30.7. The molecule has 0 bridgehead atoms. The monoisotopic (exact) mass is 744 g/mol. The molecule has 0 aliphatic carbocycles. The van der Waals surface area contributed by atoms with Gasteiger partial charge in [-0.1, -0.05) is 48.5 Å². The minimum atomic E-state index is 0.152. The Hall–Kier alpha value is -6.71. The van der Waals surface area contributed by atoms with Crippen LogP contribution in [0.1, 0.15) is 11.1 Å². The van der Waals surface area contributed by atoms with Crippen LogP contribution in [0.3, 0.4) is 0 Å². The van der Waals surface area contributed by atoms with Crippen LogP contribution in [0.25, 0.3) is 66.8 Å². The first-order valence-electron chi connectivity index (χ1n) is 19.0. The lowest BCUT2D eigenvalue weighted by Crippen LogP contribution is -2.56. The summed E-state index contributed by atoms with van der Waals surface area (Å²) in [5.41, 5.74) is 11.9. The molecular formula is C41H40N14O. The molecule has 15 heteroatoms. The fraction of sp³-hybridized carbons (Fsp3) is 0.244. The fourth-order valence-electron chi connectivity index (χ4n) is 8.01. The van der Waals surface area contributed by atoms with E-state index in [1.165, 1.54) is 11.1 Å². The van der Waals surface area contributed by atoms with E-state index in [0.29, 0.717) is 0 Å². The van der Waals surface area contributed by atoms with Gasteiger partial charge in [0.25, 0.3) is 0 Å². The summed E-state index contributed by atoms with van der Waals surface area (Å²) in [5, 5.41) is 39.5. The van der Waals surface area contributed by atoms with Crippen LogP contribution in [0, 0.1) is 0 Å². The molecule has 0 unspecified atom stereocenters. The van der Waals surface area contributed by atoms with Crippen molar-refractivity contribution in [1.82, 2.24) is 70.8 Å². The molecule has 0 radical (unpaired) electrons. The van der Waals surface area contributed by atoms with Crippen LogP contribution in [-0.2, 0) is 13.1 Å². The van der Waals surface area contributed by atoms with Crippen molar-refractivity contribution in [3.05, 3.63) is 108 Å². The van der Waals surface area contributed by atoms with Crippen molar-refractivity contribution in [2.45, 2.75) is 13.1 Å². The standard InChI is InChI=1S/C41H40N14O/c56-41(54-15-11-52(12-16-54)25-27-3-1-5-31(19-27)39-33-21-29(37-23-42-50-46-37)7-9-35(33)44-48-39)55-17-13-53(14-18-55)26-28-4-2-6-32(20-28)40-34-22-30(38-24-43-51-47-38)8-10-36(34)45-49-40/h1-10,19-24H,11-18,25-26H2,(H,44,48)(H,45,49)(H,42,46,50)(H,43,47,51). The van der Waals surface area contributed by atoms with E-state index in [2.05, 4.69) is 122 Å². The molecule has 0 atom stereocenters. The van der Waals surface area contributed by atoms with E-state index < -0.39 is 0 Å². The van der Waals surface area contributed by atoms with Crippen molar-refractivity contribution in [2.24, 2.45) is 0 Å². The molecular weight excluding hydrogens is 705 g/mol. The van der Waals surface area contributed by atoms with Gasteiger partial charge in [0.05, 0.1) is 34.8 Å². The van der Waals surface area contributed by atoms with Gasteiger partial charge in [0.1, 0.15) is 11.4 Å². The van der Waals surface area contributed by atoms with Gasteiger partial charge >= 0.3 is 6.03 Å². The molecule has 4 N–H and O–H groups in total. The highest BCUT2D eigenvalue weighted by atomic mass is 16.2. The van der Waals surface area contributed by atoms with E-state index >= 15 is 0 Å². The molecule has 2 fully saturated rings. The molecule has 10 rings (SSSR count). The summed E-state index contributed by atoms with van der Waals surface area (Å²) in [5.74, 6) is 0. The third kappa shape index (κ3) is 6.67. The predicted molar refractivity (Wildman–Crippen MR) is 213 cm³/mol. The lowest BCUT2D eigenvalue weighted by atomic mass is 10.0. The number of benzene rings is 4. The van der Waals surface area contributed by atoms with Crippen molar-refractivity contribution in [2.75, 3.05) is 52.4 Å². The minimum absolute atomic E-state index is 0.152. The van der Waals surface area contributed by atoms with E-state index in [1.807, 2.05) is 34.1 Å². The van der Waals surface area contributed by atoms with Crippen molar-refractivity contribution in [3.8, 4) is 45.0 Å². The van der Waals surface area contributed by atoms with Crippen LogP contribution < -0.4 is 0 Å². The second kappa shape index (κ2) is 14.5. The zero-order chi connectivity index (χ0) is 37.4. The molecule has 56 heavy (non-hydrogen) atoms. The Morgan fingerprint density at radius 3 is 1.41 bits per heavy atom. The lowest BCUT2D eigenvalue weighted by molar-refractivity contribution is 0.0870. The van der Waals surface area contributed by atoms with Crippen molar-refractivity contribution in [1.29, 1.82) is 0 Å². The SMILES string of the molecule is O=C(N1CCN(Cc2cccc(-c3n[nH]c4ccc(-c5cn[nH]n5)cc34)c2)CC1)N1CCN(Cc2cccc(-c3n[nH]c4ccc(-c5cn[nH]n5)cc34)c2)CC1. The summed E-state index contributed by atoms with van der Waals surface area (Å²) in [6, 6.07) is 29.7. The van der Waals surface area contributed by atoms with Crippen LogP contribution in [0.15, 0.2) is 97.3 Å². The molecule has 4 aromatic heterocycles. The maximum Gasteiger partial charge on any atom is 0.320 e. The Labute approximate surface area is 321 Å². The van der Waals surface area contributed by atoms with E-state index in [4.69, 9.17) is 0 Å². The topological polar surface area (TPSA) is 171 Å². The minimum Gasteiger partial charge on any atom is -0.322 e. The van der Waals surface area contributed by atoms with Gasteiger partial charge in [-0.25, -0.2) is 4.79 Å². The smallest absolute Gasteiger partial charge is 0.320 e. The molecule has 0 spiro atoms. The molecule has 2 amide bonds. The summed E-state index contributed by atoms with van der Waals surface area (Å²) in [4.78, 5) is 22.5. The molecule has 6 heterocycles. The van der Waals surface area contributed by atoms with Gasteiger partial charge in [-0.15, -0.1) is 0 Å². The van der Waals surface area contributed by atoms with Gasteiger partial charge in [0.15, 0.2) is 0 Å². The number of carbonyl (C=O) groups is 1. The first-order chi connectivity index (χ1) is 27.6. The van der Waals surface area contributed by atoms with Crippen LogP contribution in [0.2, 0.25) is 0 Å². The van der Waals surface area contributed by atoms with Gasteiger partial charge in [-0.2, -0.15) is 41.0 Å².